The molecule has 0 unspecified atom stereocenters. The molecule has 1 heterocycles. The summed E-state index contributed by atoms with van der Waals surface area (Å²) in [6, 6.07) is 7.62. The molecule has 1 aliphatic rings. The number of rotatable bonds is 5. The number of aliphatic carboxylic acids is 1. The van der Waals surface area contributed by atoms with Gasteiger partial charge < -0.3 is 14.7 Å². The number of benzene rings is 1. The molecule has 1 aromatic carbocycles. The SMILES string of the molecule is COc1ccccc1CCC(=O)N1CC[C@H](C(=O)O)C1. The molecule has 1 saturated heterocycles. The fraction of sp³-hybridized carbons (Fsp3) is 0.467. The van der Waals surface area contributed by atoms with E-state index in [1.165, 1.54) is 0 Å². The maximum Gasteiger partial charge on any atom is 0.308 e. The topological polar surface area (TPSA) is 66.8 Å². The number of carbonyl (C=O) groups excluding carboxylic acids is 1. The Balaban J connectivity index is 1.88. The van der Waals surface area contributed by atoms with Crippen molar-refractivity contribution in [3.63, 3.8) is 0 Å². The third kappa shape index (κ3) is 3.29. The molecule has 1 atom stereocenters. The molecule has 5 nitrogen and oxygen atoms in total. The van der Waals surface area contributed by atoms with Crippen molar-refractivity contribution in [1.29, 1.82) is 0 Å². The number of nitrogens with zero attached hydrogens (tertiary/aromatic N) is 1. The molecule has 20 heavy (non-hydrogen) atoms. The van der Waals surface area contributed by atoms with E-state index in [1.807, 2.05) is 24.3 Å². The van der Waals surface area contributed by atoms with Crippen LogP contribution in [0, 0.1) is 5.92 Å². The highest BCUT2D eigenvalue weighted by molar-refractivity contribution is 5.79. The van der Waals surface area contributed by atoms with Gasteiger partial charge >= 0.3 is 5.97 Å². The van der Waals surface area contributed by atoms with E-state index >= 15 is 0 Å². The van der Waals surface area contributed by atoms with E-state index < -0.39 is 11.9 Å². The van der Waals surface area contributed by atoms with Crippen molar-refractivity contribution in [3.05, 3.63) is 29.8 Å². The molecule has 2 rings (SSSR count). The molecule has 108 valence electrons. The quantitative estimate of drug-likeness (QED) is 0.887. The van der Waals surface area contributed by atoms with Crippen molar-refractivity contribution in [2.24, 2.45) is 5.92 Å². The minimum absolute atomic E-state index is 0.0136. The van der Waals surface area contributed by atoms with Crippen LogP contribution in [0.3, 0.4) is 0 Å². The summed E-state index contributed by atoms with van der Waals surface area (Å²) in [5, 5.41) is 8.93. The Labute approximate surface area is 118 Å². The summed E-state index contributed by atoms with van der Waals surface area (Å²) in [7, 11) is 1.61. The van der Waals surface area contributed by atoms with E-state index in [0.29, 0.717) is 32.4 Å². The molecule has 0 radical (unpaired) electrons. The third-order valence-electron chi connectivity index (χ3n) is 3.69. The van der Waals surface area contributed by atoms with Gasteiger partial charge in [0.1, 0.15) is 5.75 Å². The van der Waals surface area contributed by atoms with Crippen molar-refractivity contribution in [2.75, 3.05) is 20.2 Å². The number of ether oxygens (including phenoxy) is 1. The average molecular weight is 277 g/mol. The minimum atomic E-state index is -0.815. The molecule has 1 aliphatic heterocycles. The number of carbonyl (C=O) groups is 2. The molecule has 0 bridgehead atoms. The zero-order valence-electron chi connectivity index (χ0n) is 11.5. The molecule has 1 aromatic rings. The second-order valence-electron chi connectivity index (χ2n) is 4.98. The number of methoxy groups -OCH3 is 1. The van der Waals surface area contributed by atoms with Crippen LogP contribution in [0.5, 0.6) is 5.75 Å². The van der Waals surface area contributed by atoms with Crippen LogP contribution in [0.4, 0.5) is 0 Å². The number of carboxylic acids is 1. The smallest absolute Gasteiger partial charge is 0.308 e. The van der Waals surface area contributed by atoms with Crippen molar-refractivity contribution < 1.29 is 19.4 Å². The fourth-order valence-corrected chi connectivity index (χ4v) is 2.50. The van der Waals surface area contributed by atoms with E-state index in [1.54, 1.807) is 12.0 Å². The Kier molecular flexibility index (Phi) is 4.61. The minimum Gasteiger partial charge on any atom is -0.496 e. The van der Waals surface area contributed by atoms with Crippen LogP contribution in [0.15, 0.2) is 24.3 Å². The van der Waals surface area contributed by atoms with Crippen LogP contribution in [-0.2, 0) is 16.0 Å². The zero-order valence-corrected chi connectivity index (χ0v) is 11.5. The summed E-state index contributed by atoms with van der Waals surface area (Å²) < 4.78 is 5.25. The average Bonchev–Trinajstić information content (AvgIpc) is 2.95. The van der Waals surface area contributed by atoms with Gasteiger partial charge in [0.2, 0.25) is 5.91 Å². The van der Waals surface area contributed by atoms with Crippen LogP contribution < -0.4 is 4.74 Å². The number of amides is 1. The normalized spacial score (nSPS) is 18.1. The lowest BCUT2D eigenvalue weighted by atomic mass is 10.1. The molecule has 0 spiro atoms. The van der Waals surface area contributed by atoms with Crippen LogP contribution in [0.25, 0.3) is 0 Å². The van der Waals surface area contributed by atoms with E-state index in [9.17, 15) is 9.59 Å². The Hall–Kier alpha value is -2.04. The van der Waals surface area contributed by atoms with Crippen molar-refractivity contribution in [1.82, 2.24) is 4.90 Å². The molecular formula is C15H19NO4. The lowest BCUT2D eigenvalue weighted by molar-refractivity contribution is -0.141. The molecule has 0 aliphatic carbocycles. The first-order valence-corrected chi connectivity index (χ1v) is 6.74. The third-order valence-corrected chi connectivity index (χ3v) is 3.69. The van der Waals surface area contributed by atoms with E-state index in [2.05, 4.69) is 0 Å². The number of hydrogen-bond donors (Lipinski definition) is 1. The molecule has 0 saturated carbocycles. The number of carboxylic acid groups (broad SMARTS) is 1. The number of aryl methyl sites for hydroxylation is 1. The Morgan fingerprint density at radius 2 is 2.15 bits per heavy atom. The first-order valence-electron chi connectivity index (χ1n) is 6.74. The van der Waals surface area contributed by atoms with E-state index in [-0.39, 0.29) is 5.91 Å². The summed E-state index contributed by atoms with van der Waals surface area (Å²) in [4.78, 5) is 24.6. The number of para-hydroxylation sites is 1. The van der Waals surface area contributed by atoms with Gasteiger partial charge in [0.05, 0.1) is 13.0 Å². The summed E-state index contributed by atoms with van der Waals surface area (Å²) in [6.07, 6.45) is 1.54. The first kappa shape index (κ1) is 14.4. The van der Waals surface area contributed by atoms with Crippen LogP contribution in [-0.4, -0.2) is 42.1 Å². The van der Waals surface area contributed by atoms with Crippen LogP contribution in [0.1, 0.15) is 18.4 Å². The molecule has 0 aromatic heterocycles. The standard InChI is InChI=1S/C15H19NO4/c1-20-13-5-3-2-4-11(13)6-7-14(17)16-9-8-12(10-16)15(18)19/h2-5,12H,6-10H2,1H3,(H,18,19)/t12-/m0/s1. The second kappa shape index (κ2) is 6.41. The first-order chi connectivity index (χ1) is 9.61. The number of likely N-dealkylation sites (tertiary alicyclic amines) is 1. The summed E-state index contributed by atoms with van der Waals surface area (Å²) in [5.74, 6) is -0.431. The van der Waals surface area contributed by atoms with Gasteiger partial charge in [-0.15, -0.1) is 0 Å². The van der Waals surface area contributed by atoms with Crippen LogP contribution in [0.2, 0.25) is 0 Å². The summed E-state index contributed by atoms with van der Waals surface area (Å²) in [5.41, 5.74) is 0.998. The van der Waals surface area contributed by atoms with Gasteiger partial charge in [0.25, 0.3) is 0 Å². The van der Waals surface area contributed by atoms with E-state index in [4.69, 9.17) is 9.84 Å². The highest BCUT2D eigenvalue weighted by Crippen LogP contribution is 2.21. The molecule has 1 fully saturated rings. The van der Waals surface area contributed by atoms with Gasteiger partial charge in [0, 0.05) is 19.5 Å². The lowest BCUT2D eigenvalue weighted by Gasteiger charge is -2.16. The summed E-state index contributed by atoms with van der Waals surface area (Å²) >= 11 is 0. The summed E-state index contributed by atoms with van der Waals surface area (Å²) in [6.45, 7) is 0.877. The maximum absolute atomic E-state index is 12.1. The van der Waals surface area contributed by atoms with Gasteiger partial charge in [-0.3, -0.25) is 9.59 Å². The van der Waals surface area contributed by atoms with Gasteiger partial charge in [-0.05, 0) is 24.5 Å². The van der Waals surface area contributed by atoms with Crippen molar-refractivity contribution in [2.45, 2.75) is 19.3 Å². The van der Waals surface area contributed by atoms with E-state index in [0.717, 1.165) is 11.3 Å². The maximum atomic E-state index is 12.1. The predicted molar refractivity (Wildman–Crippen MR) is 73.6 cm³/mol. The van der Waals surface area contributed by atoms with Crippen LogP contribution >= 0.6 is 0 Å². The van der Waals surface area contributed by atoms with Gasteiger partial charge in [-0.25, -0.2) is 0 Å². The Bertz CT molecular complexity index is 500. The van der Waals surface area contributed by atoms with Gasteiger partial charge in [0.15, 0.2) is 0 Å². The number of hydrogen-bond acceptors (Lipinski definition) is 3. The lowest BCUT2D eigenvalue weighted by Crippen LogP contribution is -2.30. The fourth-order valence-electron chi connectivity index (χ4n) is 2.50. The highest BCUT2D eigenvalue weighted by atomic mass is 16.5. The predicted octanol–water partition coefficient (Wildman–Crippen LogP) is 1.56. The van der Waals surface area contributed by atoms with Crippen molar-refractivity contribution >= 4 is 11.9 Å². The highest BCUT2D eigenvalue weighted by Gasteiger charge is 2.30. The molecule has 5 heteroatoms. The molecular weight excluding hydrogens is 258 g/mol. The van der Waals surface area contributed by atoms with Gasteiger partial charge in [-0.1, -0.05) is 18.2 Å². The molecule has 1 amide bonds. The monoisotopic (exact) mass is 277 g/mol. The van der Waals surface area contributed by atoms with Crippen molar-refractivity contribution in [3.8, 4) is 5.75 Å². The Morgan fingerprint density at radius 1 is 1.40 bits per heavy atom. The zero-order chi connectivity index (χ0) is 14.5. The largest absolute Gasteiger partial charge is 0.496 e. The van der Waals surface area contributed by atoms with Gasteiger partial charge in [-0.2, -0.15) is 0 Å². The second-order valence-corrected chi connectivity index (χ2v) is 4.98. The molecule has 1 N–H and O–H groups in total. The Morgan fingerprint density at radius 3 is 2.80 bits per heavy atom.